The lowest BCUT2D eigenvalue weighted by Crippen LogP contribution is -2.40. The van der Waals surface area contributed by atoms with E-state index < -0.39 is 10.0 Å². The third kappa shape index (κ3) is 4.05. The van der Waals surface area contributed by atoms with Crippen LogP contribution in [0.3, 0.4) is 0 Å². The van der Waals surface area contributed by atoms with Crippen molar-refractivity contribution in [2.45, 2.75) is 18.4 Å². The van der Waals surface area contributed by atoms with Gasteiger partial charge in [-0.3, -0.25) is 4.79 Å². The minimum Gasteiger partial charge on any atom is -0.381 e. The molecule has 7 nitrogen and oxygen atoms in total. The number of hydrogen-bond donors (Lipinski definition) is 2. The molecule has 3 aromatic rings. The number of sulfonamides is 1. The van der Waals surface area contributed by atoms with Gasteiger partial charge in [-0.05, 0) is 42.1 Å². The summed E-state index contributed by atoms with van der Waals surface area (Å²) in [5.41, 5.74) is 2.54. The van der Waals surface area contributed by atoms with Crippen LogP contribution >= 0.6 is 0 Å². The standard InChI is InChI=1S/C21H23N3O4S/c1-15-6-7-18(13-20(15)29(26,27)24-8-10-28-11-9-24)22-14-17-12-16-4-2-3-5-19(16)23-21(17)25/h2-7,12-13,22H,8-11,14H2,1H3,(H,23,25). The first-order valence-electron chi connectivity index (χ1n) is 9.48. The number of rotatable bonds is 5. The summed E-state index contributed by atoms with van der Waals surface area (Å²) >= 11 is 0. The van der Waals surface area contributed by atoms with Crippen LogP contribution in [0.25, 0.3) is 10.9 Å². The van der Waals surface area contributed by atoms with Crippen LogP contribution in [-0.4, -0.2) is 44.0 Å². The van der Waals surface area contributed by atoms with E-state index in [0.29, 0.717) is 49.7 Å². The molecule has 8 heteroatoms. The van der Waals surface area contributed by atoms with Gasteiger partial charge in [-0.15, -0.1) is 0 Å². The molecule has 0 bridgehead atoms. The van der Waals surface area contributed by atoms with Crippen molar-refractivity contribution in [2.24, 2.45) is 0 Å². The first-order valence-corrected chi connectivity index (χ1v) is 10.9. The molecular formula is C21H23N3O4S. The van der Waals surface area contributed by atoms with Crippen molar-refractivity contribution in [2.75, 3.05) is 31.6 Å². The summed E-state index contributed by atoms with van der Waals surface area (Å²) in [6, 6.07) is 14.7. The van der Waals surface area contributed by atoms with Crippen molar-refractivity contribution in [3.63, 3.8) is 0 Å². The normalized spacial score (nSPS) is 15.5. The van der Waals surface area contributed by atoms with E-state index >= 15 is 0 Å². The number of anilines is 1. The number of aromatic amines is 1. The van der Waals surface area contributed by atoms with Gasteiger partial charge in [-0.1, -0.05) is 24.3 Å². The Hall–Kier alpha value is -2.68. The van der Waals surface area contributed by atoms with Crippen LogP contribution < -0.4 is 10.9 Å². The molecule has 152 valence electrons. The first kappa shape index (κ1) is 19.6. The number of para-hydroxylation sites is 1. The molecule has 0 atom stereocenters. The van der Waals surface area contributed by atoms with Gasteiger partial charge >= 0.3 is 0 Å². The first-order chi connectivity index (χ1) is 13.9. The summed E-state index contributed by atoms with van der Waals surface area (Å²) < 4.78 is 32.8. The Labute approximate surface area is 169 Å². The maximum Gasteiger partial charge on any atom is 0.253 e. The summed E-state index contributed by atoms with van der Waals surface area (Å²) in [5, 5.41) is 4.13. The van der Waals surface area contributed by atoms with Gasteiger partial charge in [0, 0.05) is 36.4 Å². The van der Waals surface area contributed by atoms with Crippen LogP contribution in [0, 0.1) is 6.92 Å². The number of H-pyrrole nitrogens is 1. The zero-order valence-corrected chi connectivity index (χ0v) is 17.0. The molecule has 1 saturated heterocycles. The topological polar surface area (TPSA) is 91.5 Å². The fourth-order valence-electron chi connectivity index (χ4n) is 3.44. The van der Waals surface area contributed by atoms with E-state index in [4.69, 9.17) is 4.74 Å². The number of aryl methyl sites for hydroxylation is 1. The Bertz CT molecular complexity index is 1200. The van der Waals surface area contributed by atoms with Crippen molar-refractivity contribution in [1.82, 2.24) is 9.29 Å². The summed E-state index contributed by atoms with van der Waals surface area (Å²) in [6.45, 7) is 3.59. The Morgan fingerprint density at radius 2 is 1.86 bits per heavy atom. The SMILES string of the molecule is Cc1ccc(NCc2cc3ccccc3[nH]c2=O)cc1S(=O)(=O)N1CCOCC1. The van der Waals surface area contributed by atoms with Crippen LogP contribution in [0.2, 0.25) is 0 Å². The number of morpholine rings is 1. The molecule has 1 fully saturated rings. The molecule has 4 rings (SSSR count). The van der Waals surface area contributed by atoms with Gasteiger partial charge in [0.2, 0.25) is 10.0 Å². The fraction of sp³-hybridized carbons (Fsp3) is 0.286. The summed E-state index contributed by atoms with van der Waals surface area (Å²) in [7, 11) is -3.59. The molecule has 0 spiro atoms. The number of nitrogens with one attached hydrogen (secondary N) is 2. The van der Waals surface area contributed by atoms with Gasteiger partial charge < -0.3 is 15.0 Å². The van der Waals surface area contributed by atoms with Crippen LogP contribution in [0.15, 0.2) is 58.2 Å². The molecule has 0 unspecified atom stereocenters. The van der Waals surface area contributed by atoms with E-state index in [2.05, 4.69) is 10.3 Å². The van der Waals surface area contributed by atoms with Gasteiger partial charge in [-0.25, -0.2) is 8.42 Å². The second kappa shape index (κ2) is 7.98. The van der Waals surface area contributed by atoms with Crippen molar-refractivity contribution in [3.05, 3.63) is 70.0 Å². The Morgan fingerprint density at radius 1 is 1.10 bits per heavy atom. The zero-order valence-electron chi connectivity index (χ0n) is 16.1. The van der Waals surface area contributed by atoms with Crippen molar-refractivity contribution >= 4 is 26.6 Å². The zero-order chi connectivity index (χ0) is 20.4. The van der Waals surface area contributed by atoms with Crippen LogP contribution in [0.1, 0.15) is 11.1 Å². The third-order valence-electron chi connectivity index (χ3n) is 5.09. The molecule has 1 aromatic heterocycles. The second-order valence-electron chi connectivity index (χ2n) is 7.06. The van der Waals surface area contributed by atoms with Crippen molar-refractivity contribution in [1.29, 1.82) is 0 Å². The monoisotopic (exact) mass is 413 g/mol. The quantitative estimate of drug-likeness (QED) is 0.671. The molecule has 1 aliphatic rings. The Balaban J connectivity index is 1.58. The fourth-order valence-corrected chi connectivity index (χ4v) is 5.09. The highest BCUT2D eigenvalue weighted by molar-refractivity contribution is 7.89. The Kier molecular flexibility index (Phi) is 5.40. The van der Waals surface area contributed by atoms with Gasteiger partial charge in [0.15, 0.2) is 0 Å². The predicted molar refractivity (Wildman–Crippen MR) is 113 cm³/mol. The number of ether oxygens (including phenoxy) is 1. The molecule has 0 aliphatic carbocycles. The minimum absolute atomic E-state index is 0.163. The number of aromatic nitrogens is 1. The van der Waals surface area contributed by atoms with Crippen LogP contribution in [0.5, 0.6) is 0 Å². The summed E-state index contributed by atoms with van der Waals surface area (Å²) in [4.78, 5) is 15.5. The highest BCUT2D eigenvalue weighted by Gasteiger charge is 2.27. The number of nitrogens with zero attached hydrogens (tertiary/aromatic N) is 1. The number of pyridine rings is 1. The summed E-state index contributed by atoms with van der Waals surface area (Å²) in [6.07, 6.45) is 0. The lowest BCUT2D eigenvalue weighted by atomic mass is 10.1. The van der Waals surface area contributed by atoms with E-state index in [-0.39, 0.29) is 10.5 Å². The highest BCUT2D eigenvalue weighted by atomic mass is 32.2. The van der Waals surface area contributed by atoms with E-state index in [1.807, 2.05) is 36.4 Å². The number of benzene rings is 2. The van der Waals surface area contributed by atoms with E-state index in [9.17, 15) is 13.2 Å². The van der Waals surface area contributed by atoms with Gasteiger partial charge in [0.25, 0.3) is 5.56 Å². The van der Waals surface area contributed by atoms with E-state index in [1.54, 1.807) is 19.1 Å². The maximum atomic E-state index is 13.0. The van der Waals surface area contributed by atoms with Gasteiger partial charge in [-0.2, -0.15) is 4.31 Å². The van der Waals surface area contributed by atoms with Crippen LogP contribution in [0.4, 0.5) is 5.69 Å². The molecular weight excluding hydrogens is 390 g/mol. The van der Waals surface area contributed by atoms with E-state index in [0.717, 1.165) is 10.9 Å². The summed E-state index contributed by atoms with van der Waals surface area (Å²) in [5.74, 6) is 0. The number of hydrogen-bond acceptors (Lipinski definition) is 5. The van der Waals surface area contributed by atoms with Crippen molar-refractivity contribution < 1.29 is 13.2 Å². The minimum atomic E-state index is -3.59. The lowest BCUT2D eigenvalue weighted by Gasteiger charge is -2.27. The third-order valence-corrected chi connectivity index (χ3v) is 7.13. The maximum absolute atomic E-state index is 13.0. The smallest absolute Gasteiger partial charge is 0.253 e. The van der Waals surface area contributed by atoms with E-state index in [1.165, 1.54) is 4.31 Å². The molecule has 2 aromatic carbocycles. The molecule has 0 saturated carbocycles. The highest BCUT2D eigenvalue weighted by Crippen LogP contribution is 2.24. The number of fused-ring (bicyclic) bond motifs is 1. The lowest BCUT2D eigenvalue weighted by molar-refractivity contribution is 0.0730. The van der Waals surface area contributed by atoms with Gasteiger partial charge in [0.05, 0.1) is 18.1 Å². The van der Waals surface area contributed by atoms with Crippen molar-refractivity contribution in [3.8, 4) is 0 Å². The molecule has 0 amide bonds. The van der Waals surface area contributed by atoms with Gasteiger partial charge in [0.1, 0.15) is 0 Å². The molecule has 2 heterocycles. The molecule has 2 N–H and O–H groups in total. The second-order valence-corrected chi connectivity index (χ2v) is 8.97. The molecule has 0 radical (unpaired) electrons. The largest absolute Gasteiger partial charge is 0.381 e. The predicted octanol–water partition coefficient (Wildman–Crippen LogP) is 2.47. The molecule has 1 aliphatic heterocycles. The molecule has 29 heavy (non-hydrogen) atoms. The average molecular weight is 413 g/mol. The Morgan fingerprint density at radius 3 is 2.66 bits per heavy atom. The van der Waals surface area contributed by atoms with Crippen LogP contribution in [-0.2, 0) is 21.3 Å². The average Bonchev–Trinajstić information content (AvgIpc) is 2.73.